The van der Waals surface area contributed by atoms with E-state index < -0.39 is 12.1 Å². The van der Waals surface area contributed by atoms with Crippen molar-refractivity contribution in [2.45, 2.75) is 25.4 Å². The number of nitrogens with zero attached hydrogens (tertiary/aromatic N) is 2. The zero-order chi connectivity index (χ0) is 16.6. The second kappa shape index (κ2) is 5.60. The number of carbonyl (C=O) groups excluding carboxylic acids is 2. The highest BCUT2D eigenvalue weighted by atomic mass is 19.4. The fourth-order valence-electron chi connectivity index (χ4n) is 2.29. The van der Waals surface area contributed by atoms with E-state index in [0.717, 1.165) is 5.56 Å². The molecule has 1 aromatic carbocycles. The third-order valence-electron chi connectivity index (χ3n) is 3.66. The summed E-state index contributed by atoms with van der Waals surface area (Å²) in [6.45, 7) is 0. The molecule has 0 atom stereocenters. The Kier molecular flexibility index (Phi) is 3.75. The minimum absolute atomic E-state index is 0.00345. The number of hydrogen-bond donors (Lipinski definition) is 0. The molecule has 0 unspecified atom stereocenters. The molecular weight excluding hydrogens is 313 g/mol. The van der Waals surface area contributed by atoms with Crippen molar-refractivity contribution in [3.05, 3.63) is 35.7 Å². The van der Waals surface area contributed by atoms with Crippen LogP contribution in [0.25, 0.3) is 11.4 Å². The van der Waals surface area contributed by atoms with Crippen LogP contribution in [-0.2, 0) is 22.2 Å². The van der Waals surface area contributed by atoms with Crippen LogP contribution in [0, 0.1) is 5.92 Å². The van der Waals surface area contributed by atoms with E-state index >= 15 is 0 Å². The predicted molar refractivity (Wildman–Crippen MR) is 71.2 cm³/mol. The molecule has 1 heterocycles. The molecule has 3 rings (SSSR count). The number of ketones is 2. The number of carbonyl (C=O) groups is 2. The summed E-state index contributed by atoms with van der Waals surface area (Å²) in [7, 11) is 0. The molecule has 5 nitrogen and oxygen atoms in total. The third kappa shape index (κ3) is 3.30. The van der Waals surface area contributed by atoms with Gasteiger partial charge in [0.25, 0.3) is 0 Å². The number of alkyl halides is 3. The maximum atomic E-state index is 12.4. The van der Waals surface area contributed by atoms with E-state index in [1.165, 1.54) is 12.1 Å². The van der Waals surface area contributed by atoms with Crippen LogP contribution in [0.3, 0.4) is 0 Å². The fourth-order valence-corrected chi connectivity index (χ4v) is 2.29. The first kappa shape index (κ1) is 15.4. The molecule has 1 fully saturated rings. The van der Waals surface area contributed by atoms with Gasteiger partial charge in [0.15, 0.2) is 0 Å². The van der Waals surface area contributed by atoms with Crippen LogP contribution in [-0.4, -0.2) is 21.7 Å². The molecule has 0 amide bonds. The minimum Gasteiger partial charge on any atom is -0.329 e. The van der Waals surface area contributed by atoms with Crippen molar-refractivity contribution in [3.63, 3.8) is 0 Å². The zero-order valence-electron chi connectivity index (χ0n) is 11.8. The second-order valence-corrected chi connectivity index (χ2v) is 5.40. The molecule has 23 heavy (non-hydrogen) atoms. The van der Waals surface area contributed by atoms with E-state index in [1.807, 2.05) is 0 Å². The Labute approximate surface area is 128 Å². The Bertz CT molecular complexity index is 742. The van der Waals surface area contributed by atoms with Crippen LogP contribution in [0.5, 0.6) is 0 Å². The summed E-state index contributed by atoms with van der Waals surface area (Å²) in [5, 5.41) is 3.29. The van der Waals surface area contributed by atoms with Crippen molar-refractivity contribution >= 4 is 11.6 Å². The van der Waals surface area contributed by atoms with Crippen molar-refractivity contribution in [3.8, 4) is 11.4 Å². The monoisotopic (exact) mass is 324 g/mol. The maximum Gasteiger partial charge on any atom is 0.471 e. The Morgan fingerprint density at radius 2 is 1.87 bits per heavy atom. The van der Waals surface area contributed by atoms with Crippen LogP contribution in [0.1, 0.15) is 24.3 Å². The SMILES string of the molecule is O=C1CC(C(=O)Cc2ccc(-c3noc(C(F)(F)F)n3)cc2)C1. The van der Waals surface area contributed by atoms with Gasteiger partial charge in [-0.3, -0.25) is 9.59 Å². The zero-order valence-corrected chi connectivity index (χ0v) is 11.8. The number of hydrogen-bond acceptors (Lipinski definition) is 5. The largest absolute Gasteiger partial charge is 0.471 e. The van der Waals surface area contributed by atoms with Gasteiger partial charge in [-0.1, -0.05) is 29.4 Å². The van der Waals surface area contributed by atoms with Gasteiger partial charge in [0.05, 0.1) is 0 Å². The molecule has 0 aliphatic heterocycles. The molecule has 0 saturated heterocycles. The van der Waals surface area contributed by atoms with Gasteiger partial charge in [-0.05, 0) is 5.56 Å². The Morgan fingerprint density at radius 3 is 2.39 bits per heavy atom. The van der Waals surface area contributed by atoms with Crippen molar-refractivity contribution in [1.29, 1.82) is 0 Å². The third-order valence-corrected chi connectivity index (χ3v) is 3.66. The van der Waals surface area contributed by atoms with E-state index in [4.69, 9.17) is 0 Å². The lowest BCUT2D eigenvalue weighted by atomic mass is 9.79. The summed E-state index contributed by atoms with van der Waals surface area (Å²) in [6.07, 6.45) is -3.88. The first-order chi connectivity index (χ1) is 10.8. The van der Waals surface area contributed by atoms with E-state index in [-0.39, 0.29) is 29.7 Å². The van der Waals surface area contributed by atoms with Crippen LogP contribution >= 0.6 is 0 Å². The van der Waals surface area contributed by atoms with Gasteiger partial charge in [0, 0.05) is 30.7 Å². The van der Waals surface area contributed by atoms with Crippen molar-refractivity contribution < 1.29 is 27.3 Å². The van der Waals surface area contributed by atoms with Gasteiger partial charge >= 0.3 is 12.1 Å². The molecule has 2 aromatic rings. The summed E-state index contributed by atoms with van der Waals surface area (Å²) in [4.78, 5) is 26.1. The van der Waals surface area contributed by atoms with E-state index in [1.54, 1.807) is 12.1 Å². The van der Waals surface area contributed by atoms with Crippen LogP contribution in [0.15, 0.2) is 28.8 Å². The average molecular weight is 324 g/mol. The van der Waals surface area contributed by atoms with Gasteiger partial charge in [-0.25, -0.2) is 0 Å². The fraction of sp³-hybridized carbons (Fsp3) is 0.333. The first-order valence-corrected chi connectivity index (χ1v) is 6.87. The highest BCUT2D eigenvalue weighted by molar-refractivity contribution is 5.97. The number of Topliss-reactive ketones (excluding diaryl/α,β-unsaturated/α-hetero) is 2. The predicted octanol–water partition coefficient (Wildman–Crippen LogP) is 2.85. The van der Waals surface area contributed by atoms with Gasteiger partial charge in [-0.2, -0.15) is 18.2 Å². The van der Waals surface area contributed by atoms with E-state index in [2.05, 4.69) is 14.7 Å². The molecule has 0 radical (unpaired) electrons. The standard InChI is InChI=1S/C15H11F3N2O3/c16-15(17,18)14-19-13(20-23-14)9-3-1-8(2-4-9)5-12(22)10-6-11(21)7-10/h1-4,10H,5-7H2. The minimum atomic E-state index is -4.68. The van der Waals surface area contributed by atoms with Gasteiger partial charge < -0.3 is 4.52 Å². The van der Waals surface area contributed by atoms with E-state index in [9.17, 15) is 22.8 Å². The second-order valence-electron chi connectivity index (χ2n) is 5.40. The molecule has 8 heteroatoms. The summed E-state index contributed by atoms with van der Waals surface area (Å²) < 4.78 is 41.4. The van der Waals surface area contributed by atoms with Crippen LogP contribution < -0.4 is 0 Å². The molecule has 0 bridgehead atoms. The quantitative estimate of drug-likeness (QED) is 0.864. The molecule has 1 aliphatic carbocycles. The lowest BCUT2D eigenvalue weighted by Crippen LogP contribution is -2.31. The van der Waals surface area contributed by atoms with Crippen molar-refractivity contribution in [1.82, 2.24) is 10.1 Å². The first-order valence-electron chi connectivity index (χ1n) is 6.87. The van der Waals surface area contributed by atoms with Gasteiger partial charge in [0.1, 0.15) is 11.6 Å². The highest BCUT2D eigenvalue weighted by Gasteiger charge is 2.38. The molecule has 1 saturated carbocycles. The Morgan fingerprint density at radius 1 is 1.22 bits per heavy atom. The maximum absolute atomic E-state index is 12.4. The van der Waals surface area contributed by atoms with Gasteiger partial charge in [0.2, 0.25) is 5.82 Å². The summed E-state index contributed by atoms with van der Waals surface area (Å²) >= 11 is 0. The normalized spacial score (nSPS) is 15.5. The van der Waals surface area contributed by atoms with Crippen LogP contribution in [0.4, 0.5) is 13.2 Å². The summed E-state index contributed by atoms with van der Waals surface area (Å²) in [5.74, 6) is -1.68. The van der Waals surface area contributed by atoms with Crippen molar-refractivity contribution in [2.75, 3.05) is 0 Å². The number of halogens is 3. The van der Waals surface area contributed by atoms with Crippen LogP contribution in [0.2, 0.25) is 0 Å². The highest BCUT2D eigenvalue weighted by Crippen LogP contribution is 2.29. The molecule has 0 N–H and O–H groups in total. The number of benzene rings is 1. The topological polar surface area (TPSA) is 73.1 Å². The van der Waals surface area contributed by atoms with Gasteiger partial charge in [-0.15, -0.1) is 0 Å². The molecule has 1 aliphatic rings. The average Bonchev–Trinajstić information content (AvgIpc) is 2.94. The molecule has 0 spiro atoms. The summed E-state index contributed by atoms with van der Waals surface area (Å²) in [5.41, 5.74) is 1.08. The number of rotatable bonds is 4. The summed E-state index contributed by atoms with van der Waals surface area (Å²) in [6, 6.07) is 6.30. The smallest absolute Gasteiger partial charge is 0.329 e. The van der Waals surface area contributed by atoms with Crippen molar-refractivity contribution in [2.24, 2.45) is 5.92 Å². The lowest BCUT2D eigenvalue weighted by Gasteiger charge is -2.22. The Balaban J connectivity index is 1.68. The molecular formula is C15H11F3N2O3. The van der Waals surface area contributed by atoms with E-state index in [0.29, 0.717) is 18.4 Å². The lowest BCUT2D eigenvalue weighted by molar-refractivity contribution is -0.159. The number of aromatic nitrogens is 2. The molecule has 120 valence electrons. The molecule has 1 aromatic heterocycles. The Hall–Kier alpha value is -2.51.